The maximum absolute atomic E-state index is 10.0. The van der Waals surface area contributed by atoms with Crippen molar-refractivity contribution in [2.75, 3.05) is 11.9 Å². The Labute approximate surface area is 213 Å². The summed E-state index contributed by atoms with van der Waals surface area (Å²) in [6, 6.07) is 11.8. The molecule has 5 rings (SSSR count). The number of aryl methyl sites for hydroxylation is 1. The molecule has 0 aliphatic carbocycles. The number of aliphatic hydroxyl groups is 1. The topological polar surface area (TPSA) is 126 Å². The standard InChI is InChI=1S/C27H26N8O2/c1-18-14-34(17-32-18)25-7-4-19(11-31-25)10-29-24-6-5-20(12-30-24)23-8-22(37-16-27(2,3)36)15-35-26(23)21(9-28)13-33-35/h4-8,11-15,17,36H,10,16H2,1-3H3,(H,29,30). The lowest BCUT2D eigenvalue weighted by Gasteiger charge is -2.18. The van der Waals surface area contributed by atoms with Gasteiger partial charge in [-0.25, -0.2) is 19.5 Å². The fourth-order valence-corrected chi connectivity index (χ4v) is 3.81. The van der Waals surface area contributed by atoms with E-state index in [2.05, 4.69) is 31.4 Å². The highest BCUT2D eigenvalue weighted by Crippen LogP contribution is 2.31. The van der Waals surface area contributed by atoms with Gasteiger partial charge in [0.15, 0.2) is 0 Å². The highest BCUT2D eigenvalue weighted by Gasteiger charge is 2.17. The third kappa shape index (κ3) is 5.42. The zero-order chi connectivity index (χ0) is 26.0. The Balaban J connectivity index is 1.34. The molecule has 0 aliphatic rings. The van der Waals surface area contributed by atoms with Gasteiger partial charge in [0.2, 0.25) is 0 Å². The van der Waals surface area contributed by atoms with E-state index in [0.717, 1.165) is 28.2 Å². The normalized spacial score (nSPS) is 11.4. The quantitative estimate of drug-likeness (QED) is 0.332. The van der Waals surface area contributed by atoms with E-state index in [4.69, 9.17) is 4.74 Å². The summed E-state index contributed by atoms with van der Waals surface area (Å²) in [6.45, 7) is 5.97. The molecule has 0 radical (unpaired) electrons. The molecular formula is C27H26N8O2. The van der Waals surface area contributed by atoms with E-state index >= 15 is 0 Å². The Bertz CT molecular complexity index is 1570. The molecule has 0 bridgehead atoms. The third-order valence-electron chi connectivity index (χ3n) is 5.63. The lowest BCUT2D eigenvalue weighted by atomic mass is 10.1. The van der Waals surface area contributed by atoms with Crippen LogP contribution in [-0.2, 0) is 6.54 Å². The van der Waals surface area contributed by atoms with E-state index in [-0.39, 0.29) is 6.61 Å². The summed E-state index contributed by atoms with van der Waals surface area (Å²) in [5, 5.41) is 27.2. The van der Waals surface area contributed by atoms with Gasteiger partial charge in [0.25, 0.3) is 0 Å². The van der Waals surface area contributed by atoms with Crippen molar-refractivity contribution < 1.29 is 9.84 Å². The first-order valence-corrected chi connectivity index (χ1v) is 11.7. The molecule has 5 heterocycles. The minimum Gasteiger partial charge on any atom is -0.489 e. The van der Waals surface area contributed by atoms with Crippen LogP contribution in [0.4, 0.5) is 5.82 Å². The average molecular weight is 495 g/mol. The second kappa shape index (κ2) is 9.72. The third-order valence-corrected chi connectivity index (χ3v) is 5.63. The summed E-state index contributed by atoms with van der Waals surface area (Å²) in [5.41, 5.74) is 3.66. The molecule has 0 saturated carbocycles. The fraction of sp³-hybridized carbons (Fsp3) is 0.222. The Morgan fingerprint density at radius 2 is 1.95 bits per heavy atom. The van der Waals surface area contributed by atoms with E-state index in [1.807, 2.05) is 54.2 Å². The largest absolute Gasteiger partial charge is 0.489 e. The molecule has 0 spiro atoms. The second-order valence-electron chi connectivity index (χ2n) is 9.39. The molecule has 0 aromatic carbocycles. The van der Waals surface area contributed by atoms with Crippen LogP contribution in [0.1, 0.15) is 30.7 Å². The van der Waals surface area contributed by atoms with Crippen LogP contribution in [0.2, 0.25) is 0 Å². The lowest BCUT2D eigenvalue weighted by Crippen LogP contribution is -2.27. The van der Waals surface area contributed by atoms with Gasteiger partial charge in [-0.15, -0.1) is 0 Å². The van der Waals surface area contributed by atoms with Gasteiger partial charge in [0.05, 0.1) is 34.8 Å². The van der Waals surface area contributed by atoms with Crippen LogP contribution in [-0.4, -0.2) is 46.4 Å². The summed E-state index contributed by atoms with van der Waals surface area (Å²) < 4.78 is 9.29. The first-order valence-electron chi connectivity index (χ1n) is 11.7. The van der Waals surface area contributed by atoms with Crippen molar-refractivity contribution in [2.45, 2.75) is 32.9 Å². The average Bonchev–Trinajstić information content (AvgIpc) is 3.52. The first kappa shape index (κ1) is 24.0. The van der Waals surface area contributed by atoms with Crippen molar-refractivity contribution in [3.63, 3.8) is 0 Å². The lowest BCUT2D eigenvalue weighted by molar-refractivity contribution is 0.0283. The number of rotatable bonds is 8. The Kier molecular flexibility index (Phi) is 6.29. The van der Waals surface area contributed by atoms with E-state index in [1.165, 1.54) is 6.20 Å². The molecule has 0 amide bonds. The molecule has 186 valence electrons. The molecule has 10 nitrogen and oxygen atoms in total. The van der Waals surface area contributed by atoms with E-state index < -0.39 is 5.60 Å². The Morgan fingerprint density at radius 1 is 1.08 bits per heavy atom. The van der Waals surface area contributed by atoms with Crippen LogP contribution >= 0.6 is 0 Å². The molecular weight excluding hydrogens is 468 g/mol. The number of ether oxygens (including phenoxy) is 1. The number of imidazole rings is 1. The van der Waals surface area contributed by atoms with Crippen LogP contribution < -0.4 is 10.1 Å². The number of hydrogen-bond donors (Lipinski definition) is 2. The Hall–Kier alpha value is -4.75. The van der Waals surface area contributed by atoms with Crippen molar-refractivity contribution in [3.05, 3.63) is 84.5 Å². The van der Waals surface area contributed by atoms with Gasteiger partial charge in [-0.3, -0.25) is 4.57 Å². The molecule has 0 aliphatic heterocycles. The minimum atomic E-state index is -0.986. The number of nitriles is 1. The van der Waals surface area contributed by atoms with Gasteiger partial charge < -0.3 is 15.2 Å². The molecule has 0 atom stereocenters. The van der Waals surface area contributed by atoms with Gasteiger partial charge in [0.1, 0.15) is 36.4 Å². The highest BCUT2D eigenvalue weighted by molar-refractivity contribution is 5.85. The number of pyridine rings is 3. The molecule has 5 aromatic rings. The number of fused-ring (bicyclic) bond motifs is 1. The second-order valence-corrected chi connectivity index (χ2v) is 9.39. The van der Waals surface area contributed by atoms with Crippen LogP contribution in [0.25, 0.3) is 22.5 Å². The predicted octanol–water partition coefficient (Wildman–Crippen LogP) is 3.92. The highest BCUT2D eigenvalue weighted by atomic mass is 16.5. The fourth-order valence-electron chi connectivity index (χ4n) is 3.81. The van der Waals surface area contributed by atoms with Crippen LogP contribution in [0.5, 0.6) is 5.75 Å². The van der Waals surface area contributed by atoms with Gasteiger partial charge in [-0.2, -0.15) is 10.4 Å². The Morgan fingerprint density at radius 3 is 2.59 bits per heavy atom. The molecule has 0 unspecified atom stereocenters. The van der Waals surface area contributed by atoms with Crippen molar-refractivity contribution >= 4 is 11.3 Å². The van der Waals surface area contributed by atoms with Gasteiger partial charge in [-0.1, -0.05) is 6.07 Å². The van der Waals surface area contributed by atoms with Crippen molar-refractivity contribution in [2.24, 2.45) is 0 Å². The van der Waals surface area contributed by atoms with Crippen LogP contribution in [0.3, 0.4) is 0 Å². The molecule has 2 N–H and O–H groups in total. The molecule has 0 saturated heterocycles. The smallest absolute Gasteiger partial charge is 0.138 e. The van der Waals surface area contributed by atoms with Crippen LogP contribution in [0.15, 0.2) is 67.6 Å². The number of nitrogens with one attached hydrogen (secondary N) is 1. The number of hydrogen-bond acceptors (Lipinski definition) is 8. The molecule has 0 fully saturated rings. The zero-order valence-electron chi connectivity index (χ0n) is 20.8. The summed E-state index contributed by atoms with van der Waals surface area (Å²) in [7, 11) is 0. The van der Waals surface area contributed by atoms with Crippen molar-refractivity contribution in [3.8, 4) is 28.8 Å². The van der Waals surface area contributed by atoms with E-state index in [1.54, 1.807) is 37.1 Å². The van der Waals surface area contributed by atoms with Gasteiger partial charge in [0, 0.05) is 36.3 Å². The summed E-state index contributed by atoms with van der Waals surface area (Å²) in [6.07, 6.45) is 10.5. The minimum absolute atomic E-state index is 0.114. The van der Waals surface area contributed by atoms with Crippen molar-refractivity contribution in [1.82, 2.24) is 29.1 Å². The molecule has 5 aromatic heterocycles. The first-order chi connectivity index (χ1) is 17.8. The number of aromatic nitrogens is 6. The summed E-state index contributed by atoms with van der Waals surface area (Å²) >= 11 is 0. The SMILES string of the molecule is Cc1cn(-c2ccc(CNc3ccc(-c4cc(OCC(C)(C)O)cn5ncc(C#N)c45)cn3)cn2)cn1. The predicted molar refractivity (Wildman–Crippen MR) is 138 cm³/mol. The van der Waals surface area contributed by atoms with Crippen molar-refractivity contribution in [1.29, 1.82) is 5.26 Å². The monoisotopic (exact) mass is 494 g/mol. The zero-order valence-corrected chi connectivity index (χ0v) is 20.8. The summed E-state index contributed by atoms with van der Waals surface area (Å²) in [4.78, 5) is 13.3. The van der Waals surface area contributed by atoms with E-state index in [0.29, 0.717) is 29.2 Å². The molecule has 10 heteroatoms. The van der Waals surface area contributed by atoms with Crippen LogP contribution in [0, 0.1) is 18.3 Å². The van der Waals surface area contributed by atoms with E-state index in [9.17, 15) is 10.4 Å². The summed E-state index contributed by atoms with van der Waals surface area (Å²) in [5.74, 6) is 2.04. The number of anilines is 1. The van der Waals surface area contributed by atoms with Gasteiger partial charge in [-0.05, 0) is 50.6 Å². The number of nitrogens with zero attached hydrogens (tertiary/aromatic N) is 7. The maximum atomic E-state index is 10.0. The van der Waals surface area contributed by atoms with Gasteiger partial charge >= 0.3 is 0 Å². The maximum Gasteiger partial charge on any atom is 0.138 e. The molecule has 37 heavy (non-hydrogen) atoms.